The third kappa shape index (κ3) is 4.44. The summed E-state index contributed by atoms with van der Waals surface area (Å²) in [6.45, 7) is 3.44. The van der Waals surface area contributed by atoms with Crippen LogP contribution in [0, 0.1) is 15.9 Å². The van der Waals surface area contributed by atoms with E-state index in [1.807, 2.05) is 0 Å². The molecule has 2 N–H and O–H groups in total. The summed E-state index contributed by atoms with van der Waals surface area (Å²) in [4.78, 5) is 20.8. The van der Waals surface area contributed by atoms with Gasteiger partial charge in [-0.25, -0.2) is 4.39 Å². The van der Waals surface area contributed by atoms with Gasteiger partial charge < -0.3 is 10.4 Å². The van der Waals surface area contributed by atoms with Crippen LogP contribution in [0.25, 0.3) is 0 Å². The van der Waals surface area contributed by atoms with Crippen molar-refractivity contribution < 1.29 is 19.2 Å². The smallest absolute Gasteiger partial charge is 0.303 e. The molecule has 0 aromatic heterocycles. The lowest BCUT2D eigenvalue weighted by atomic mass is 9.97. The van der Waals surface area contributed by atoms with Crippen LogP contribution in [-0.4, -0.2) is 21.5 Å². The van der Waals surface area contributed by atoms with Crippen LogP contribution in [0.15, 0.2) is 16.6 Å². The van der Waals surface area contributed by atoms with E-state index in [4.69, 9.17) is 5.11 Å². The Bertz CT molecular complexity index is 549. The van der Waals surface area contributed by atoms with Crippen LogP contribution >= 0.6 is 15.9 Å². The summed E-state index contributed by atoms with van der Waals surface area (Å²) in [6.07, 6.45) is 0.199. The first-order chi connectivity index (χ1) is 9.12. The van der Waals surface area contributed by atoms with Gasteiger partial charge in [0.1, 0.15) is 11.5 Å². The summed E-state index contributed by atoms with van der Waals surface area (Å²) in [7, 11) is 0. The molecular weight excluding hydrogens is 335 g/mol. The van der Waals surface area contributed by atoms with Gasteiger partial charge in [-0.15, -0.1) is 0 Å². The van der Waals surface area contributed by atoms with E-state index in [1.165, 1.54) is 6.07 Å². The average molecular weight is 349 g/mol. The molecule has 1 rings (SSSR count). The number of nitrogens with zero attached hydrogens (tertiary/aromatic N) is 1. The molecule has 1 aromatic rings. The van der Waals surface area contributed by atoms with E-state index >= 15 is 0 Å². The summed E-state index contributed by atoms with van der Waals surface area (Å²) in [6, 6.07) is 2.09. The van der Waals surface area contributed by atoms with E-state index < -0.39 is 27.9 Å². The van der Waals surface area contributed by atoms with Crippen molar-refractivity contribution >= 4 is 33.3 Å². The molecule has 0 heterocycles. The second kappa shape index (κ2) is 6.17. The van der Waals surface area contributed by atoms with Gasteiger partial charge in [-0.1, -0.05) is 0 Å². The van der Waals surface area contributed by atoms with E-state index in [1.54, 1.807) is 13.8 Å². The Hall–Kier alpha value is -1.70. The van der Waals surface area contributed by atoms with Crippen LogP contribution in [-0.2, 0) is 4.79 Å². The minimum atomic E-state index is -0.949. The maximum Gasteiger partial charge on any atom is 0.303 e. The Morgan fingerprint density at radius 3 is 2.65 bits per heavy atom. The molecule has 8 heteroatoms. The molecular formula is C12H14BrFN2O4. The number of aliphatic carboxylic acids is 1. The second-order valence-corrected chi connectivity index (χ2v) is 5.80. The van der Waals surface area contributed by atoms with Crippen molar-refractivity contribution in [3.05, 3.63) is 32.5 Å². The molecule has 0 spiro atoms. The average Bonchev–Trinajstić information content (AvgIpc) is 2.30. The van der Waals surface area contributed by atoms with Crippen molar-refractivity contribution in [2.24, 2.45) is 0 Å². The number of nitrogens with one attached hydrogen (secondary N) is 1. The molecule has 0 aliphatic heterocycles. The predicted octanol–water partition coefficient (Wildman–Crippen LogP) is 3.55. The summed E-state index contributed by atoms with van der Waals surface area (Å²) < 4.78 is 13.4. The molecule has 0 fully saturated rings. The second-order valence-electron chi connectivity index (χ2n) is 4.94. The van der Waals surface area contributed by atoms with Gasteiger partial charge in [0.05, 0.1) is 15.5 Å². The third-order valence-electron chi connectivity index (χ3n) is 2.67. The summed E-state index contributed by atoms with van der Waals surface area (Å²) >= 11 is 2.97. The van der Waals surface area contributed by atoms with Gasteiger partial charge in [-0.05, 0) is 42.3 Å². The minimum absolute atomic E-state index is 0.0733. The number of benzene rings is 1. The Kier molecular flexibility index (Phi) is 5.04. The first kappa shape index (κ1) is 16.4. The number of hydrogen-bond acceptors (Lipinski definition) is 4. The highest BCUT2D eigenvalue weighted by molar-refractivity contribution is 9.10. The SMILES string of the molecule is CC(C)(CCC(=O)O)Nc1cc(Br)c(F)cc1[N+](=O)[O-]. The van der Waals surface area contributed by atoms with Crippen molar-refractivity contribution in [1.82, 2.24) is 0 Å². The van der Waals surface area contributed by atoms with Crippen molar-refractivity contribution in [3.63, 3.8) is 0 Å². The van der Waals surface area contributed by atoms with E-state index in [0.717, 1.165) is 6.07 Å². The van der Waals surface area contributed by atoms with Crippen LogP contribution in [0.2, 0.25) is 0 Å². The van der Waals surface area contributed by atoms with Crippen LogP contribution in [0.1, 0.15) is 26.7 Å². The van der Waals surface area contributed by atoms with E-state index in [-0.39, 0.29) is 23.0 Å². The Labute approximate surface area is 123 Å². The van der Waals surface area contributed by atoms with E-state index in [0.29, 0.717) is 0 Å². The van der Waals surface area contributed by atoms with Gasteiger partial charge in [0, 0.05) is 12.0 Å². The molecule has 0 aliphatic rings. The number of rotatable bonds is 6. The summed E-state index contributed by atoms with van der Waals surface area (Å²) in [5, 5.41) is 22.5. The van der Waals surface area contributed by atoms with Crippen LogP contribution < -0.4 is 5.32 Å². The predicted molar refractivity (Wildman–Crippen MR) is 75.3 cm³/mol. The maximum atomic E-state index is 13.3. The highest BCUT2D eigenvalue weighted by Gasteiger charge is 2.25. The number of carboxylic acid groups (broad SMARTS) is 1. The molecule has 0 amide bonds. The van der Waals surface area contributed by atoms with E-state index in [9.17, 15) is 19.3 Å². The standard InChI is InChI=1S/C12H14BrFN2O4/c1-12(2,4-3-11(17)18)15-9-5-7(13)8(14)6-10(9)16(19)20/h5-6,15H,3-4H2,1-2H3,(H,17,18). The number of anilines is 1. The molecule has 0 saturated carbocycles. The summed E-state index contributed by atoms with van der Waals surface area (Å²) in [5.41, 5.74) is -0.937. The lowest BCUT2D eigenvalue weighted by Crippen LogP contribution is -2.31. The number of carboxylic acids is 1. The van der Waals surface area contributed by atoms with Crippen LogP contribution in [0.4, 0.5) is 15.8 Å². The number of halogens is 2. The molecule has 0 aliphatic carbocycles. The fourth-order valence-electron chi connectivity index (χ4n) is 1.63. The molecule has 6 nitrogen and oxygen atoms in total. The number of nitro groups is 1. The van der Waals surface area contributed by atoms with Crippen molar-refractivity contribution in [3.8, 4) is 0 Å². The minimum Gasteiger partial charge on any atom is -0.481 e. The van der Waals surface area contributed by atoms with Gasteiger partial charge >= 0.3 is 5.97 Å². The molecule has 0 bridgehead atoms. The largest absolute Gasteiger partial charge is 0.481 e. The molecule has 0 radical (unpaired) electrons. The van der Waals surface area contributed by atoms with Crippen molar-refractivity contribution in [1.29, 1.82) is 0 Å². The molecule has 0 saturated heterocycles. The van der Waals surface area contributed by atoms with Crippen LogP contribution in [0.5, 0.6) is 0 Å². The maximum absolute atomic E-state index is 13.3. The Balaban J connectivity index is 3.04. The fraction of sp³-hybridized carbons (Fsp3) is 0.417. The Morgan fingerprint density at radius 1 is 1.55 bits per heavy atom. The number of carbonyl (C=O) groups is 1. The van der Waals surface area contributed by atoms with Gasteiger partial charge in [-0.2, -0.15) is 0 Å². The zero-order valence-corrected chi connectivity index (χ0v) is 12.5. The van der Waals surface area contributed by atoms with Crippen molar-refractivity contribution in [2.75, 3.05) is 5.32 Å². The zero-order chi connectivity index (χ0) is 15.5. The van der Waals surface area contributed by atoms with Crippen LogP contribution in [0.3, 0.4) is 0 Å². The molecule has 110 valence electrons. The quantitative estimate of drug-likeness (QED) is 0.605. The first-order valence-corrected chi connectivity index (χ1v) is 6.55. The summed E-state index contributed by atoms with van der Waals surface area (Å²) in [5.74, 6) is -1.68. The topological polar surface area (TPSA) is 92.5 Å². The van der Waals surface area contributed by atoms with Gasteiger partial charge in [0.2, 0.25) is 0 Å². The van der Waals surface area contributed by atoms with Gasteiger partial charge in [0.15, 0.2) is 0 Å². The van der Waals surface area contributed by atoms with E-state index in [2.05, 4.69) is 21.2 Å². The molecule has 0 unspecified atom stereocenters. The fourth-order valence-corrected chi connectivity index (χ4v) is 1.98. The highest BCUT2D eigenvalue weighted by atomic mass is 79.9. The normalized spacial score (nSPS) is 11.2. The van der Waals surface area contributed by atoms with Gasteiger partial charge in [0.25, 0.3) is 5.69 Å². The number of nitro benzene ring substituents is 1. The third-order valence-corrected chi connectivity index (χ3v) is 3.28. The number of hydrogen-bond donors (Lipinski definition) is 2. The van der Waals surface area contributed by atoms with Crippen molar-refractivity contribution in [2.45, 2.75) is 32.2 Å². The lowest BCUT2D eigenvalue weighted by molar-refractivity contribution is -0.384. The zero-order valence-electron chi connectivity index (χ0n) is 10.9. The molecule has 20 heavy (non-hydrogen) atoms. The first-order valence-electron chi connectivity index (χ1n) is 5.76. The lowest BCUT2D eigenvalue weighted by Gasteiger charge is -2.27. The highest BCUT2D eigenvalue weighted by Crippen LogP contribution is 2.33. The monoisotopic (exact) mass is 348 g/mol. The molecule has 1 aromatic carbocycles. The van der Waals surface area contributed by atoms with Gasteiger partial charge in [-0.3, -0.25) is 14.9 Å². The molecule has 0 atom stereocenters. The Morgan fingerprint density at radius 2 is 2.15 bits per heavy atom.